The maximum Gasteiger partial charge on any atom is 0.229 e. The van der Waals surface area contributed by atoms with Crippen molar-refractivity contribution < 1.29 is 4.42 Å². The molecule has 7 heteroatoms. The first-order chi connectivity index (χ1) is 19.3. The molecule has 2 saturated heterocycles. The number of aromatic nitrogens is 1. The van der Waals surface area contributed by atoms with E-state index < -0.39 is 0 Å². The molecule has 2 aromatic heterocycles. The Balaban J connectivity index is 1.29. The van der Waals surface area contributed by atoms with E-state index in [-0.39, 0.29) is 0 Å². The molecule has 0 radical (unpaired) electrons. The van der Waals surface area contributed by atoms with E-state index in [2.05, 4.69) is 97.9 Å². The van der Waals surface area contributed by atoms with Gasteiger partial charge in [0, 0.05) is 94.1 Å². The molecule has 0 unspecified atom stereocenters. The first-order valence-electron chi connectivity index (χ1n) is 14.5. The number of anilines is 2. The first kappa shape index (κ1) is 25.9. The number of piperazine rings is 2. The van der Waals surface area contributed by atoms with Gasteiger partial charge in [0.25, 0.3) is 0 Å². The van der Waals surface area contributed by atoms with Gasteiger partial charge in [0.1, 0.15) is 5.76 Å². The lowest BCUT2D eigenvalue weighted by Crippen LogP contribution is -2.46. The van der Waals surface area contributed by atoms with Crippen molar-refractivity contribution in [3.05, 3.63) is 66.9 Å². The monoisotopic (exact) mass is 524 g/mol. The summed E-state index contributed by atoms with van der Waals surface area (Å²) < 4.78 is 6.51. The summed E-state index contributed by atoms with van der Waals surface area (Å²) in [7, 11) is 0. The van der Waals surface area contributed by atoms with E-state index in [0.29, 0.717) is 5.71 Å². The summed E-state index contributed by atoms with van der Waals surface area (Å²) in [5.41, 5.74) is 6.34. The van der Waals surface area contributed by atoms with Crippen molar-refractivity contribution in [2.45, 2.75) is 13.3 Å². The summed E-state index contributed by atoms with van der Waals surface area (Å²) in [4.78, 5) is 12.2. The van der Waals surface area contributed by atoms with Gasteiger partial charge in [-0.25, -0.2) is 4.98 Å². The van der Waals surface area contributed by atoms with E-state index in [1.165, 1.54) is 18.7 Å². The first-order valence-corrected chi connectivity index (χ1v) is 14.5. The van der Waals surface area contributed by atoms with Crippen molar-refractivity contribution in [3.8, 4) is 22.5 Å². The van der Waals surface area contributed by atoms with Gasteiger partial charge in [-0.15, -0.1) is 0 Å². The standard InChI is InChI=1S/C32H40N6O/c1-2-17-36-21-23-38(24-22-36)27-10-8-26(9-11-27)31-29(25-6-4-3-5-7-25)30-28(12-13-35-32(30)39-31)34-16-20-37-18-14-33-15-19-37/h3-13,33H,2,14-24H2,1H3,(H,34,35). The van der Waals surface area contributed by atoms with Crippen LogP contribution >= 0.6 is 0 Å². The van der Waals surface area contributed by atoms with E-state index >= 15 is 0 Å². The van der Waals surface area contributed by atoms with Crippen LogP contribution in [0.4, 0.5) is 11.4 Å². The van der Waals surface area contributed by atoms with Crippen molar-refractivity contribution in [1.82, 2.24) is 20.1 Å². The van der Waals surface area contributed by atoms with Crippen molar-refractivity contribution in [2.24, 2.45) is 0 Å². The maximum atomic E-state index is 6.51. The van der Waals surface area contributed by atoms with Crippen molar-refractivity contribution >= 4 is 22.5 Å². The third-order valence-electron chi connectivity index (χ3n) is 8.01. The van der Waals surface area contributed by atoms with E-state index in [1.54, 1.807) is 0 Å². The van der Waals surface area contributed by atoms with Crippen LogP contribution in [-0.2, 0) is 0 Å². The summed E-state index contributed by atoms with van der Waals surface area (Å²) in [5.74, 6) is 0.874. The third-order valence-corrected chi connectivity index (χ3v) is 8.01. The van der Waals surface area contributed by atoms with Crippen molar-refractivity contribution in [1.29, 1.82) is 0 Å². The fourth-order valence-electron chi connectivity index (χ4n) is 5.91. The Morgan fingerprint density at radius 3 is 2.31 bits per heavy atom. The molecule has 4 aromatic rings. The van der Waals surface area contributed by atoms with E-state index in [1.807, 2.05) is 6.20 Å². The predicted octanol–water partition coefficient (Wildman–Crippen LogP) is 5.01. The second-order valence-electron chi connectivity index (χ2n) is 10.6. The topological polar surface area (TPSA) is 59.8 Å². The summed E-state index contributed by atoms with van der Waals surface area (Å²) in [6, 6.07) is 21.5. The molecule has 2 aliphatic heterocycles. The van der Waals surface area contributed by atoms with Crippen LogP contribution < -0.4 is 15.5 Å². The lowest BCUT2D eigenvalue weighted by Gasteiger charge is -2.36. The Bertz CT molecular complexity index is 1340. The van der Waals surface area contributed by atoms with Gasteiger partial charge in [-0.3, -0.25) is 9.80 Å². The van der Waals surface area contributed by atoms with Gasteiger partial charge in [-0.1, -0.05) is 37.3 Å². The number of furan rings is 1. The Labute approximate surface area is 231 Å². The lowest BCUT2D eigenvalue weighted by atomic mass is 9.98. The van der Waals surface area contributed by atoms with Crippen LogP contribution in [0.1, 0.15) is 13.3 Å². The molecular formula is C32H40N6O. The number of hydrogen-bond donors (Lipinski definition) is 2. The number of fused-ring (bicyclic) bond motifs is 1. The molecule has 0 atom stereocenters. The molecule has 0 bridgehead atoms. The zero-order chi connectivity index (χ0) is 26.4. The summed E-state index contributed by atoms with van der Waals surface area (Å²) in [6.45, 7) is 14.1. The third kappa shape index (κ3) is 5.81. The van der Waals surface area contributed by atoms with Crippen LogP contribution in [-0.4, -0.2) is 86.8 Å². The molecule has 0 saturated carbocycles. The molecule has 7 nitrogen and oxygen atoms in total. The van der Waals surface area contributed by atoms with Crippen LogP contribution in [0, 0.1) is 0 Å². The highest BCUT2D eigenvalue weighted by Crippen LogP contribution is 2.43. The SMILES string of the molecule is CCCN1CCN(c2ccc(-c3oc4nccc(NCCN5CCNCC5)c4c3-c3ccccc3)cc2)CC1. The molecular weight excluding hydrogens is 484 g/mol. The zero-order valence-electron chi connectivity index (χ0n) is 23.0. The van der Waals surface area contributed by atoms with Gasteiger partial charge in [0.2, 0.25) is 5.71 Å². The van der Waals surface area contributed by atoms with Gasteiger partial charge in [0.05, 0.1) is 5.39 Å². The summed E-state index contributed by atoms with van der Waals surface area (Å²) >= 11 is 0. The highest BCUT2D eigenvalue weighted by Gasteiger charge is 2.22. The normalized spacial score (nSPS) is 17.1. The van der Waals surface area contributed by atoms with Gasteiger partial charge in [-0.05, 0) is 48.9 Å². The number of nitrogens with zero attached hydrogens (tertiary/aromatic N) is 4. The van der Waals surface area contributed by atoms with Gasteiger partial charge < -0.3 is 20.0 Å². The Kier molecular flexibility index (Phi) is 8.09. The largest absolute Gasteiger partial charge is 0.437 e. The van der Waals surface area contributed by atoms with Crippen LogP contribution in [0.2, 0.25) is 0 Å². The van der Waals surface area contributed by atoms with Crippen molar-refractivity contribution in [3.63, 3.8) is 0 Å². The number of hydrogen-bond acceptors (Lipinski definition) is 7. The fraction of sp³-hybridized carbons (Fsp3) is 0.406. The molecule has 6 rings (SSSR count). The average Bonchev–Trinajstić information content (AvgIpc) is 3.39. The lowest BCUT2D eigenvalue weighted by molar-refractivity contribution is 0.249. The van der Waals surface area contributed by atoms with E-state index in [0.717, 1.165) is 99.0 Å². The van der Waals surface area contributed by atoms with Gasteiger partial charge in [-0.2, -0.15) is 0 Å². The minimum absolute atomic E-state index is 0.673. The minimum Gasteiger partial charge on any atom is -0.437 e. The van der Waals surface area contributed by atoms with E-state index in [9.17, 15) is 0 Å². The smallest absolute Gasteiger partial charge is 0.229 e. The maximum absolute atomic E-state index is 6.51. The highest BCUT2D eigenvalue weighted by atomic mass is 16.3. The average molecular weight is 525 g/mol. The fourth-order valence-corrected chi connectivity index (χ4v) is 5.91. The Morgan fingerprint density at radius 1 is 0.821 bits per heavy atom. The molecule has 0 amide bonds. The van der Waals surface area contributed by atoms with Crippen LogP contribution in [0.3, 0.4) is 0 Å². The Morgan fingerprint density at radius 2 is 1.56 bits per heavy atom. The molecule has 2 fully saturated rings. The van der Waals surface area contributed by atoms with Crippen LogP contribution in [0.25, 0.3) is 33.6 Å². The summed E-state index contributed by atoms with van der Waals surface area (Å²) in [6.07, 6.45) is 3.07. The Hall–Kier alpha value is -3.39. The predicted molar refractivity (Wildman–Crippen MR) is 162 cm³/mol. The van der Waals surface area contributed by atoms with Crippen molar-refractivity contribution in [2.75, 3.05) is 82.2 Å². The second kappa shape index (κ2) is 12.2. The number of rotatable bonds is 9. The number of nitrogens with one attached hydrogen (secondary N) is 2. The van der Waals surface area contributed by atoms with Gasteiger partial charge >= 0.3 is 0 Å². The molecule has 2 aliphatic rings. The molecule has 0 aliphatic carbocycles. The number of pyridine rings is 1. The molecule has 39 heavy (non-hydrogen) atoms. The minimum atomic E-state index is 0.673. The molecule has 2 aromatic carbocycles. The second-order valence-corrected chi connectivity index (χ2v) is 10.6. The highest BCUT2D eigenvalue weighted by molar-refractivity contribution is 6.06. The van der Waals surface area contributed by atoms with Crippen LogP contribution in [0.5, 0.6) is 0 Å². The molecule has 4 heterocycles. The molecule has 204 valence electrons. The molecule has 0 spiro atoms. The quantitative estimate of drug-likeness (QED) is 0.319. The van der Waals surface area contributed by atoms with Crippen LogP contribution in [0.15, 0.2) is 71.3 Å². The molecule has 2 N–H and O–H groups in total. The van der Waals surface area contributed by atoms with Gasteiger partial charge in [0.15, 0.2) is 0 Å². The van der Waals surface area contributed by atoms with E-state index in [4.69, 9.17) is 4.42 Å². The zero-order valence-corrected chi connectivity index (χ0v) is 23.0. The number of benzene rings is 2. The summed E-state index contributed by atoms with van der Waals surface area (Å²) in [5, 5.41) is 8.18.